The van der Waals surface area contributed by atoms with Crippen molar-refractivity contribution in [2.24, 2.45) is 0 Å². The summed E-state index contributed by atoms with van der Waals surface area (Å²) in [7, 11) is 0. The molecule has 1 aromatic rings. The molecule has 0 saturated heterocycles. The second-order valence-electron chi connectivity index (χ2n) is 3.82. The Balaban J connectivity index is 2.53. The van der Waals surface area contributed by atoms with Crippen molar-refractivity contribution in [3.05, 3.63) is 28.8 Å². The fourth-order valence-electron chi connectivity index (χ4n) is 1.59. The van der Waals surface area contributed by atoms with Gasteiger partial charge in [0.15, 0.2) is 0 Å². The molecular weight excluding hydrogens is 254 g/mol. The minimum absolute atomic E-state index is 0.0905. The maximum atomic E-state index is 10.8. The first-order valence-corrected chi connectivity index (χ1v) is 6.34. The quantitative estimate of drug-likeness (QED) is 0.828. The van der Waals surface area contributed by atoms with Crippen LogP contribution in [0, 0.1) is 0 Å². The number of aromatic carboxylic acids is 1. The highest BCUT2D eigenvalue weighted by molar-refractivity contribution is 6.33. The van der Waals surface area contributed by atoms with E-state index in [2.05, 4.69) is 18.7 Å². The lowest BCUT2D eigenvalue weighted by molar-refractivity contribution is 0.0697. The third-order valence-corrected chi connectivity index (χ3v) is 3.05. The standard InChI is InChI=1S/C13H18ClNO3/c1-3-15(4-2)7-8-18-10-5-6-11(13(16)17)12(14)9-10/h5-6,9H,3-4,7-8H2,1-2H3,(H,16,17). The van der Waals surface area contributed by atoms with E-state index in [1.165, 1.54) is 12.1 Å². The van der Waals surface area contributed by atoms with E-state index in [1.54, 1.807) is 6.07 Å². The van der Waals surface area contributed by atoms with Crippen LogP contribution in [-0.2, 0) is 0 Å². The van der Waals surface area contributed by atoms with Gasteiger partial charge >= 0.3 is 5.97 Å². The van der Waals surface area contributed by atoms with Gasteiger partial charge in [0.1, 0.15) is 12.4 Å². The number of carboxylic acids is 1. The summed E-state index contributed by atoms with van der Waals surface area (Å²) in [6.45, 7) is 7.57. The number of rotatable bonds is 7. The van der Waals surface area contributed by atoms with E-state index >= 15 is 0 Å². The lowest BCUT2D eigenvalue weighted by Gasteiger charge is -2.18. The highest BCUT2D eigenvalue weighted by Gasteiger charge is 2.09. The number of hydrogen-bond acceptors (Lipinski definition) is 3. The summed E-state index contributed by atoms with van der Waals surface area (Å²) >= 11 is 5.85. The van der Waals surface area contributed by atoms with Gasteiger partial charge in [0, 0.05) is 6.54 Å². The summed E-state index contributed by atoms with van der Waals surface area (Å²) in [6.07, 6.45) is 0. The smallest absolute Gasteiger partial charge is 0.337 e. The van der Waals surface area contributed by atoms with E-state index in [-0.39, 0.29) is 10.6 Å². The molecule has 18 heavy (non-hydrogen) atoms. The van der Waals surface area contributed by atoms with Crippen LogP contribution in [0.25, 0.3) is 0 Å². The molecule has 0 saturated carbocycles. The maximum absolute atomic E-state index is 10.8. The van der Waals surface area contributed by atoms with E-state index in [0.717, 1.165) is 19.6 Å². The fraction of sp³-hybridized carbons (Fsp3) is 0.462. The molecule has 0 atom stereocenters. The number of carboxylic acid groups (broad SMARTS) is 1. The average molecular weight is 272 g/mol. The zero-order valence-corrected chi connectivity index (χ0v) is 11.4. The molecule has 0 spiro atoms. The molecule has 0 aromatic heterocycles. The van der Waals surface area contributed by atoms with Crippen LogP contribution in [-0.4, -0.2) is 42.2 Å². The average Bonchev–Trinajstić information content (AvgIpc) is 2.34. The van der Waals surface area contributed by atoms with Gasteiger partial charge in [0.2, 0.25) is 0 Å². The number of hydrogen-bond donors (Lipinski definition) is 1. The molecule has 1 rings (SSSR count). The van der Waals surface area contributed by atoms with Gasteiger partial charge in [-0.1, -0.05) is 25.4 Å². The van der Waals surface area contributed by atoms with E-state index in [9.17, 15) is 4.79 Å². The Bertz CT molecular complexity index is 405. The zero-order valence-electron chi connectivity index (χ0n) is 10.6. The predicted molar refractivity (Wildman–Crippen MR) is 71.7 cm³/mol. The van der Waals surface area contributed by atoms with Gasteiger partial charge < -0.3 is 14.7 Å². The van der Waals surface area contributed by atoms with Gasteiger partial charge in [-0.05, 0) is 31.3 Å². The van der Waals surface area contributed by atoms with Crippen LogP contribution in [0.2, 0.25) is 5.02 Å². The monoisotopic (exact) mass is 271 g/mol. The molecule has 1 N–H and O–H groups in total. The lowest BCUT2D eigenvalue weighted by Crippen LogP contribution is -2.27. The molecular formula is C13H18ClNO3. The van der Waals surface area contributed by atoms with E-state index in [1.807, 2.05) is 0 Å². The van der Waals surface area contributed by atoms with Gasteiger partial charge in [-0.15, -0.1) is 0 Å². The summed E-state index contributed by atoms with van der Waals surface area (Å²) in [4.78, 5) is 13.0. The molecule has 0 radical (unpaired) electrons. The predicted octanol–water partition coefficient (Wildman–Crippen LogP) is 2.76. The summed E-state index contributed by atoms with van der Waals surface area (Å²) in [5, 5.41) is 9.03. The van der Waals surface area contributed by atoms with Crippen molar-refractivity contribution in [3.63, 3.8) is 0 Å². The van der Waals surface area contributed by atoms with Gasteiger partial charge in [-0.3, -0.25) is 0 Å². The van der Waals surface area contributed by atoms with E-state index in [0.29, 0.717) is 12.4 Å². The summed E-state index contributed by atoms with van der Waals surface area (Å²) in [6, 6.07) is 4.61. The minimum Gasteiger partial charge on any atom is -0.492 e. The number of ether oxygens (including phenoxy) is 1. The number of nitrogens with zero attached hydrogens (tertiary/aromatic N) is 1. The molecule has 0 aliphatic heterocycles. The van der Waals surface area contributed by atoms with Crippen molar-refractivity contribution >= 4 is 17.6 Å². The van der Waals surface area contributed by atoms with Gasteiger partial charge in [-0.25, -0.2) is 4.79 Å². The number of carbonyl (C=O) groups is 1. The molecule has 0 unspecified atom stereocenters. The molecule has 4 nitrogen and oxygen atoms in total. The Morgan fingerprint density at radius 1 is 1.39 bits per heavy atom. The summed E-state index contributed by atoms with van der Waals surface area (Å²) < 4.78 is 5.54. The molecule has 0 fully saturated rings. The van der Waals surface area contributed by atoms with Gasteiger partial charge in [0.05, 0.1) is 10.6 Å². The second-order valence-corrected chi connectivity index (χ2v) is 4.23. The molecule has 0 aliphatic carbocycles. The van der Waals surface area contributed by atoms with Crippen LogP contribution >= 0.6 is 11.6 Å². The summed E-state index contributed by atoms with van der Waals surface area (Å²) in [5.74, 6) is -0.438. The van der Waals surface area contributed by atoms with Crippen molar-refractivity contribution in [2.45, 2.75) is 13.8 Å². The largest absolute Gasteiger partial charge is 0.492 e. The first-order valence-electron chi connectivity index (χ1n) is 5.96. The molecule has 0 amide bonds. The van der Waals surface area contributed by atoms with Crippen molar-refractivity contribution < 1.29 is 14.6 Å². The topological polar surface area (TPSA) is 49.8 Å². The van der Waals surface area contributed by atoms with Crippen molar-refractivity contribution in [3.8, 4) is 5.75 Å². The highest BCUT2D eigenvalue weighted by Crippen LogP contribution is 2.22. The number of likely N-dealkylation sites (N-methyl/N-ethyl adjacent to an activating group) is 1. The van der Waals surface area contributed by atoms with Gasteiger partial charge in [0.25, 0.3) is 0 Å². The van der Waals surface area contributed by atoms with Crippen molar-refractivity contribution in [2.75, 3.05) is 26.2 Å². The Labute approximate surface area is 112 Å². The molecule has 0 aliphatic rings. The SMILES string of the molecule is CCN(CC)CCOc1ccc(C(=O)O)c(Cl)c1. The Morgan fingerprint density at radius 2 is 2.06 bits per heavy atom. The third-order valence-electron chi connectivity index (χ3n) is 2.74. The van der Waals surface area contributed by atoms with E-state index in [4.69, 9.17) is 21.4 Å². The van der Waals surface area contributed by atoms with Crippen LogP contribution in [0.3, 0.4) is 0 Å². The molecule has 5 heteroatoms. The summed E-state index contributed by atoms with van der Waals surface area (Å²) in [5.41, 5.74) is 0.0905. The Hall–Kier alpha value is -1.26. The highest BCUT2D eigenvalue weighted by atomic mass is 35.5. The van der Waals surface area contributed by atoms with E-state index < -0.39 is 5.97 Å². The maximum Gasteiger partial charge on any atom is 0.337 e. The second kappa shape index (κ2) is 7.24. The van der Waals surface area contributed by atoms with Crippen LogP contribution < -0.4 is 4.74 Å². The number of benzene rings is 1. The first-order chi connectivity index (χ1) is 8.58. The zero-order chi connectivity index (χ0) is 13.5. The Morgan fingerprint density at radius 3 is 2.56 bits per heavy atom. The van der Waals surface area contributed by atoms with Crippen molar-refractivity contribution in [1.29, 1.82) is 0 Å². The molecule has 1 aromatic carbocycles. The fourth-order valence-corrected chi connectivity index (χ4v) is 1.84. The number of halogens is 1. The lowest BCUT2D eigenvalue weighted by atomic mass is 10.2. The molecule has 0 bridgehead atoms. The minimum atomic E-state index is -1.03. The molecule has 100 valence electrons. The van der Waals surface area contributed by atoms with Crippen LogP contribution in [0.1, 0.15) is 24.2 Å². The normalized spacial score (nSPS) is 10.7. The Kier molecular flexibility index (Phi) is 5.95. The molecule has 0 heterocycles. The first kappa shape index (κ1) is 14.8. The van der Waals surface area contributed by atoms with Crippen molar-refractivity contribution in [1.82, 2.24) is 4.90 Å². The van der Waals surface area contributed by atoms with Gasteiger partial charge in [-0.2, -0.15) is 0 Å². The van der Waals surface area contributed by atoms with Crippen LogP contribution in [0.15, 0.2) is 18.2 Å². The van der Waals surface area contributed by atoms with Crippen LogP contribution in [0.4, 0.5) is 0 Å². The third kappa shape index (κ3) is 4.20. The van der Waals surface area contributed by atoms with Crippen LogP contribution in [0.5, 0.6) is 5.75 Å².